The molecule has 1 unspecified atom stereocenters. The Bertz CT molecular complexity index is 360. The monoisotopic (exact) mass is 233 g/mol. The Morgan fingerprint density at radius 2 is 2.18 bits per heavy atom. The van der Waals surface area contributed by atoms with E-state index in [1.807, 2.05) is 26.1 Å². The molecule has 0 aliphatic carbocycles. The van der Waals surface area contributed by atoms with Gasteiger partial charge in [-0.2, -0.15) is 0 Å². The summed E-state index contributed by atoms with van der Waals surface area (Å²) < 4.78 is 5.52. The molecule has 0 amide bonds. The van der Waals surface area contributed by atoms with Crippen molar-refractivity contribution in [3.8, 4) is 5.75 Å². The average Bonchev–Trinajstić information content (AvgIpc) is 2.36. The van der Waals surface area contributed by atoms with E-state index in [9.17, 15) is 0 Å². The molecular weight excluding hydrogens is 210 g/mol. The molecule has 1 aromatic rings. The summed E-state index contributed by atoms with van der Waals surface area (Å²) >= 11 is 0. The molecule has 0 aromatic heterocycles. The van der Waals surface area contributed by atoms with E-state index in [1.165, 1.54) is 11.1 Å². The van der Waals surface area contributed by atoms with Crippen LogP contribution < -0.4 is 10.1 Å². The molecule has 0 radical (unpaired) electrons. The molecule has 0 saturated carbocycles. The number of ether oxygens (including phenoxy) is 1. The van der Waals surface area contributed by atoms with Gasteiger partial charge >= 0.3 is 0 Å². The van der Waals surface area contributed by atoms with Gasteiger partial charge in [-0.25, -0.2) is 0 Å². The van der Waals surface area contributed by atoms with Crippen molar-refractivity contribution in [2.24, 2.45) is 0 Å². The van der Waals surface area contributed by atoms with E-state index in [0.29, 0.717) is 12.6 Å². The number of hydrogen-bond donors (Lipinski definition) is 1. The first-order chi connectivity index (χ1) is 8.21. The van der Waals surface area contributed by atoms with Crippen LogP contribution in [0, 0.1) is 0 Å². The fourth-order valence-corrected chi connectivity index (χ4v) is 1.81. The van der Waals surface area contributed by atoms with Crippen molar-refractivity contribution in [2.45, 2.75) is 32.7 Å². The van der Waals surface area contributed by atoms with Crippen molar-refractivity contribution in [3.05, 3.63) is 42.0 Å². The van der Waals surface area contributed by atoms with E-state index in [0.717, 1.165) is 18.6 Å². The predicted molar refractivity (Wildman–Crippen MR) is 73.5 cm³/mol. The van der Waals surface area contributed by atoms with E-state index in [4.69, 9.17) is 4.74 Å². The Kier molecular flexibility index (Phi) is 5.78. The minimum Gasteiger partial charge on any atom is -0.494 e. The molecule has 0 spiro atoms. The first-order valence-corrected chi connectivity index (χ1v) is 6.27. The maximum absolute atomic E-state index is 5.52. The molecule has 1 atom stereocenters. The smallest absolute Gasteiger partial charge is 0.119 e. The number of rotatable bonds is 7. The molecule has 1 rings (SSSR count). The van der Waals surface area contributed by atoms with Gasteiger partial charge in [-0.05, 0) is 44.5 Å². The summed E-state index contributed by atoms with van der Waals surface area (Å²) in [5.41, 5.74) is 2.53. The van der Waals surface area contributed by atoms with Crippen molar-refractivity contribution in [2.75, 3.05) is 13.7 Å². The highest BCUT2D eigenvalue weighted by Gasteiger charge is 2.10. The van der Waals surface area contributed by atoms with Gasteiger partial charge in [-0.15, -0.1) is 0 Å². The Morgan fingerprint density at radius 1 is 1.41 bits per heavy atom. The Labute approximate surface area is 105 Å². The maximum Gasteiger partial charge on any atom is 0.119 e. The van der Waals surface area contributed by atoms with Gasteiger partial charge in [0, 0.05) is 6.04 Å². The van der Waals surface area contributed by atoms with Crippen LogP contribution in [0.2, 0.25) is 0 Å². The van der Waals surface area contributed by atoms with Crippen molar-refractivity contribution < 1.29 is 4.74 Å². The molecule has 17 heavy (non-hydrogen) atoms. The van der Waals surface area contributed by atoms with Crippen molar-refractivity contribution in [1.82, 2.24) is 5.32 Å². The van der Waals surface area contributed by atoms with Gasteiger partial charge < -0.3 is 10.1 Å². The Morgan fingerprint density at radius 3 is 2.76 bits per heavy atom. The molecule has 0 heterocycles. The van der Waals surface area contributed by atoms with Crippen molar-refractivity contribution >= 4 is 0 Å². The zero-order valence-electron chi connectivity index (χ0n) is 11.1. The van der Waals surface area contributed by atoms with E-state index < -0.39 is 0 Å². The molecular formula is C15H23NO. The molecule has 2 nitrogen and oxygen atoms in total. The Hall–Kier alpha value is -1.28. The SMILES string of the molecule is C=C(CC)CC(NC)c1cccc(OCC)c1. The molecule has 1 N–H and O–H groups in total. The predicted octanol–water partition coefficient (Wildman–Crippen LogP) is 3.70. The molecule has 1 aromatic carbocycles. The van der Waals surface area contributed by atoms with Gasteiger partial charge in [-0.1, -0.05) is 31.2 Å². The third-order valence-corrected chi connectivity index (χ3v) is 2.91. The molecule has 0 fully saturated rings. The van der Waals surface area contributed by atoms with Gasteiger partial charge in [0.1, 0.15) is 5.75 Å². The second-order valence-corrected chi connectivity index (χ2v) is 4.15. The number of hydrogen-bond acceptors (Lipinski definition) is 2. The van der Waals surface area contributed by atoms with Gasteiger partial charge in [0.15, 0.2) is 0 Å². The third-order valence-electron chi connectivity index (χ3n) is 2.91. The summed E-state index contributed by atoms with van der Waals surface area (Å²) in [6.45, 7) is 8.92. The van der Waals surface area contributed by atoms with E-state index in [1.54, 1.807) is 0 Å². The summed E-state index contributed by atoms with van der Waals surface area (Å²) in [4.78, 5) is 0. The summed E-state index contributed by atoms with van der Waals surface area (Å²) in [5, 5.41) is 3.34. The summed E-state index contributed by atoms with van der Waals surface area (Å²) in [7, 11) is 1.99. The average molecular weight is 233 g/mol. The highest BCUT2D eigenvalue weighted by molar-refractivity contribution is 5.31. The lowest BCUT2D eigenvalue weighted by Crippen LogP contribution is -2.16. The van der Waals surface area contributed by atoms with Crippen LogP contribution in [0.5, 0.6) is 5.75 Å². The number of benzene rings is 1. The molecule has 0 bridgehead atoms. The van der Waals surface area contributed by atoms with Crippen LogP contribution in [0.3, 0.4) is 0 Å². The van der Waals surface area contributed by atoms with Crippen LogP contribution in [-0.4, -0.2) is 13.7 Å². The standard InChI is InChI=1S/C15H23NO/c1-5-12(3)10-15(16-4)13-8-7-9-14(11-13)17-6-2/h7-9,11,15-16H,3,5-6,10H2,1-2,4H3. The van der Waals surface area contributed by atoms with E-state index in [2.05, 4.69) is 31.0 Å². The van der Waals surface area contributed by atoms with Gasteiger partial charge in [0.25, 0.3) is 0 Å². The molecule has 0 saturated heterocycles. The summed E-state index contributed by atoms with van der Waals surface area (Å²) in [6, 6.07) is 8.59. The first kappa shape index (κ1) is 13.8. The van der Waals surface area contributed by atoms with Crippen LogP contribution in [-0.2, 0) is 0 Å². The summed E-state index contributed by atoms with van der Waals surface area (Å²) in [5.74, 6) is 0.937. The largest absolute Gasteiger partial charge is 0.494 e. The first-order valence-electron chi connectivity index (χ1n) is 6.27. The summed E-state index contributed by atoms with van der Waals surface area (Å²) in [6.07, 6.45) is 2.01. The van der Waals surface area contributed by atoms with Gasteiger partial charge in [-0.3, -0.25) is 0 Å². The highest BCUT2D eigenvalue weighted by atomic mass is 16.5. The van der Waals surface area contributed by atoms with Crippen LogP contribution in [0.25, 0.3) is 0 Å². The fourth-order valence-electron chi connectivity index (χ4n) is 1.81. The highest BCUT2D eigenvalue weighted by Crippen LogP contribution is 2.24. The van der Waals surface area contributed by atoms with Crippen molar-refractivity contribution in [3.63, 3.8) is 0 Å². The van der Waals surface area contributed by atoms with E-state index in [-0.39, 0.29) is 0 Å². The second kappa shape index (κ2) is 7.13. The fraction of sp³-hybridized carbons (Fsp3) is 0.467. The zero-order valence-corrected chi connectivity index (χ0v) is 11.1. The van der Waals surface area contributed by atoms with Gasteiger partial charge in [0.05, 0.1) is 6.61 Å². The lowest BCUT2D eigenvalue weighted by atomic mass is 9.98. The lowest BCUT2D eigenvalue weighted by molar-refractivity contribution is 0.339. The quantitative estimate of drug-likeness (QED) is 0.725. The minimum atomic E-state index is 0.322. The van der Waals surface area contributed by atoms with Crippen LogP contribution in [0.15, 0.2) is 36.4 Å². The maximum atomic E-state index is 5.52. The molecule has 0 aliphatic heterocycles. The van der Waals surface area contributed by atoms with Crippen LogP contribution in [0.1, 0.15) is 38.3 Å². The molecule has 94 valence electrons. The van der Waals surface area contributed by atoms with Gasteiger partial charge in [0.2, 0.25) is 0 Å². The van der Waals surface area contributed by atoms with Crippen LogP contribution >= 0.6 is 0 Å². The van der Waals surface area contributed by atoms with E-state index >= 15 is 0 Å². The lowest BCUT2D eigenvalue weighted by Gasteiger charge is -2.18. The second-order valence-electron chi connectivity index (χ2n) is 4.15. The molecule has 0 aliphatic rings. The topological polar surface area (TPSA) is 21.3 Å². The molecule has 2 heteroatoms. The zero-order chi connectivity index (χ0) is 12.7. The van der Waals surface area contributed by atoms with Crippen LogP contribution in [0.4, 0.5) is 0 Å². The van der Waals surface area contributed by atoms with Crippen molar-refractivity contribution in [1.29, 1.82) is 0 Å². The Balaban J connectivity index is 2.80. The number of nitrogens with one attached hydrogen (secondary N) is 1. The third kappa shape index (κ3) is 4.23. The minimum absolute atomic E-state index is 0.322. The normalized spacial score (nSPS) is 12.2.